The molecule has 1 fully saturated rings. The Hall–Kier alpha value is -2.76. The average molecular weight is 375 g/mol. The molecule has 0 radical (unpaired) electrons. The van der Waals surface area contributed by atoms with Crippen molar-refractivity contribution in [3.63, 3.8) is 0 Å². The third-order valence-electron chi connectivity index (χ3n) is 6.31. The Balaban J connectivity index is 1.46. The number of carbonyl (C=O) groups is 1. The summed E-state index contributed by atoms with van der Waals surface area (Å²) in [5, 5.41) is 0. The number of anilines is 1. The van der Waals surface area contributed by atoms with Gasteiger partial charge in [0, 0.05) is 50.1 Å². The second-order valence-electron chi connectivity index (χ2n) is 8.32. The molecule has 1 aliphatic heterocycles. The van der Waals surface area contributed by atoms with Crippen molar-refractivity contribution < 1.29 is 4.79 Å². The SMILES string of the molecule is CN(C)c1nc(-c2ccncc2)nc2c1CCN(C(=O)[C@@H]1C[C@@H]3C=C[C@H]1C3)C2. The fourth-order valence-corrected chi connectivity index (χ4v) is 4.90. The summed E-state index contributed by atoms with van der Waals surface area (Å²) in [4.78, 5) is 31.0. The summed E-state index contributed by atoms with van der Waals surface area (Å²) < 4.78 is 0. The van der Waals surface area contributed by atoms with Crippen molar-refractivity contribution in [2.45, 2.75) is 25.8 Å². The van der Waals surface area contributed by atoms with E-state index in [2.05, 4.69) is 17.1 Å². The normalized spacial score (nSPS) is 25.1. The summed E-state index contributed by atoms with van der Waals surface area (Å²) in [6.07, 6.45) is 11.0. The Morgan fingerprint density at radius 2 is 1.96 bits per heavy atom. The molecule has 1 saturated carbocycles. The molecule has 0 unspecified atom stereocenters. The van der Waals surface area contributed by atoms with E-state index in [4.69, 9.17) is 9.97 Å². The van der Waals surface area contributed by atoms with E-state index in [0.29, 0.717) is 30.1 Å². The van der Waals surface area contributed by atoms with Crippen molar-refractivity contribution in [1.29, 1.82) is 0 Å². The first-order valence-corrected chi connectivity index (χ1v) is 10.0. The van der Waals surface area contributed by atoms with Crippen molar-refractivity contribution in [2.24, 2.45) is 17.8 Å². The molecule has 3 aliphatic rings. The van der Waals surface area contributed by atoms with Crippen molar-refractivity contribution >= 4 is 11.7 Å². The lowest BCUT2D eigenvalue weighted by atomic mass is 9.91. The molecule has 28 heavy (non-hydrogen) atoms. The van der Waals surface area contributed by atoms with E-state index in [9.17, 15) is 4.79 Å². The lowest BCUT2D eigenvalue weighted by Crippen LogP contribution is -2.41. The molecule has 2 aliphatic carbocycles. The lowest BCUT2D eigenvalue weighted by Gasteiger charge is -2.33. The van der Waals surface area contributed by atoms with Crippen LogP contribution < -0.4 is 4.90 Å². The summed E-state index contributed by atoms with van der Waals surface area (Å²) in [6.45, 7) is 1.33. The Labute approximate surface area is 165 Å². The number of nitrogens with zero attached hydrogens (tertiary/aromatic N) is 5. The standard InChI is InChI=1S/C22H25N5O/c1-26(2)21-17-7-10-27(22(28)18-12-14-3-4-16(18)11-14)13-19(17)24-20(25-21)15-5-8-23-9-6-15/h3-6,8-9,14,16,18H,7,10-13H2,1-2H3/t14-,16+,18-/m1/s1. The maximum absolute atomic E-state index is 13.2. The number of pyridine rings is 1. The molecule has 6 nitrogen and oxygen atoms in total. The second-order valence-corrected chi connectivity index (χ2v) is 8.32. The fraction of sp³-hybridized carbons (Fsp3) is 0.455. The van der Waals surface area contributed by atoms with Gasteiger partial charge in [0.25, 0.3) is 0 Å². The predicted octanol–water partition coefficient (Wildman–Crippen LogP) is 2.70. The van der Waals surface area contributed by atoms with Crippen LogP contribution in [0.15, 0.2) is 36.7 Å². The number of aromatic nitrogens is 3. The van der Waals surface area contributed by atoms with E-state index >= 15 is 0 Å². The number of rotatable bonds is 3. The number of hydrogen-bond acceptors (Lipinski definition) is 5. The average Bonchev–Trinajstić information content (AvgIpc) is 3.36. The number of fused-ring (bicyclic) bond motifs is 3. The minimum atomic E-state index is 0.159. The Kier molecular flexibility index (Phi) is 4.14. The van der Waals surface area contributed by atoms with E-state index in [1.165, 1.54) is 5.56 Å². The van der Waals surface area contributed by atoms with Crippen LogP contribution in [0.5, 0.6) is 0 Å². The molecule has 2 bridgehead atoms. The molecule has 5 rings (SSSR count). The van der Waals surface area contributed by atoms with Gasteiger partial charge in [0.1, 0.15) is 5.82 Å². The zero-order chi connectivity index (χ0) is 19.3. The number of hydrogen-bond donors (Lipinski definition) is 0. The van der Waals surface area contributed by atoms with Gasteiger partial charge < -0.3 is 9.80 Å². The Bertz CT molecular complexity index is 939. The van der Waals surface area contributed by atoms with Crippen molar-refractivity contribution in [2.75, 3.05) is 25.5 Å². The van der Waals surface area contributed by atoms with Crippen molar-refractivity contribution in [1.82, 2.24) is 19.9 Å². The lowest BCUT2D eigenvalue weighted by molar-refractivity contribution is -0.137. The summed E-state index contributed by atoms with van der Waals surface area (Å²) in [5.41, 5.74) is 3.09. The first kappa shape index (κ1) is 17.3. The number of amides is 1. The smallest absolute Gasteiger partial charge is 0.226 e. The van der Waals surface area contributed by atoms with Gasteiger partial charge in [-0.2, -0.15) is 0 Å². The van der Waals surface area contributed by atoms with Crippen LogP contribution in [0.25, 0.3) is 11.4 Å². The first-order valence-electron chi connectivity index (χ1n) is 10.0. The fourth-order valence-electron chi connectivity index (χ4n) is 4.90. The molecule has 2 aromatic rings. The zero-order valence-corrected chi connectivity index (χ0v) is 16.4. The number of allylic oxidation sites excluding steroid dienone is 2. The van der Waals surface area contributed by atoms with Crippen LogP contribution in [0.2, 0.25) is 0 Å². The van der Waals surface area contributed by atoms with Crippen LogP contribution in [-0.2, 0) is 17.8 Å². The minimum Gasteiger partial charge on any atom is -0.362 e. The maximum Gasteiger partial charge on any atom is 0.226 e. The predicted molar refractivity (Wildman–Crippen MR) is 108 cm³/mol. The molecule has 1 amide bonds. The minimum absolute atomic E-state index is 0.159. The number of carbonyl (C=O) groups excluding carboxylic acids is 1. The highest BCUT2D eigenvalue weighted by molar-refractivity contribution is 5.80. The van der Waals surface area contributed by atoms with Gasteiger partial charge in [0.2, 0.25) is 5.91 Å². The summed E-state index contributed by atoms with van der Waals surface area (Å²) in [7, 11) is 4.02. The molecule has 144 valence electrons. The van der Waals surface area contributed by atoms with Crippen LogP contribution in [0.4, 0.5) is 5.82 Å². The highest BCUT2D eigenvalue weighted by Gasteiger charge is 2.42. The molecule has 3 atom stereocenters. The molecular formula is C22H25N5O. The maximum atomic E-state index is 13.2. The first-order chi connectivity index (χ1) is 13.6. The summed E-state index contributed by atoms with van der Waals surface area (Å²) in [5.74, 6) is 3.16. The quantitative estimate of drug-likeness (QED) is 0.772. The molecule has 0 N–H and O–H groups in total. The second kappa shape index (κ2) is 6.69. The Morgan fingerprint density at radius 3 is 2.64 bits per heavy atom. The monoisotopic (exact) mass is 375 g/mol. The zero-order valence-electron chi connectivity index (χ0n) is 16.4. The van der Waals surface area contributed by atoms with Gasteiger partial charge in [-0.25, -0.2) is 9.97 Å². The molecule has 0 spiro atoms. The van der Waals surface area contributed by atoms with E-state index in [-0.39, 0.29) is 5.92 Å². The van der Waals surface area contributed by atoms with Crippen molar-refractivity contribution in [3.8, 4) is 11.4 Å². The van der Waals surface area contributed by atoms with Gasteiger partial charge in [-0.15, -0.1) is 0 Å². The summed E-state index contributed by atoms with van der Waals surface area (Å²) in [6, 6.07) is 3.85. The van der Waals surface area contributed by atoms with E-state index in [1.807, 2.05) is 36.0 Å². The van der Waals surface area contributed by atoms with Crippen LogP contribution in [0, 0.1) is 17.8 Å². The van der Waals surface area contributed by atoms with E-state index in [1.54, 1.807) is 12.4 Å². The highest BCUT2D eigenvalue weighted by Crippen LogP contribution is 2.44. The van der Waals surface area contributed by atoms with Crippen LogP contribution in [-0.4, -0.2) is 46.4 Å². The third-order valence-corrected chi connectivity index (χ3v) is 6.31. The Morgan fingerprint density at radius 1 is 1.14 bits per heavy atom. The topological polar surface area (TPSA) is 62.2 Å². The molecule has 6 heteroatoms. The molecule has 0 saturated heterocycles. The van der Waals surface area contributed by atoms with Gasteiger partial charge in [-0.1, -0.05) is 12.2 Å². The van der Waals surface area contributed by atoms with Gasteiger partial charge in [-0.05, 0) is 43.2 Å². The van der Waals surface area contributed by atoms with Gasteiger partial charge in [0.15, 0.2) is 5.82 Å². The molecule has 0 aromatic carbocycles. The molecule has 2 aromatic heterocycles. The third kappa shape index (κ3) is 2.87. The highest BCUT2D eigenvalue weighted by atomic mass is 16.2. The van der Waals surface area contributed by atoms with Crippen molar-refractivity contribution in [3.05, 3.63) is 47.9 Å². The van der Waals surface area contributed by atoms with Crippen LogP contribution in [0.3, 0.4) is 0 Å². The van der Waals surface area contributed by atoms with Gasteiger partial charge in [-0.3, -0.25) is 9.78 Å². The molecule has 3 heterocycles. The van der Waals surface area contributed by atoms with E-state index < -0.39 is 0 Å². The largest absolute Gasteiger partial charge is 0.362 e. The summed E-state index contributed by atoms with van der Waals surface area (Å²) >= 11 is 0. The van der Waals surface area contributed by atoms with Crippen LogP contribution >= 0.6 is 0 Å². The molecular weight excluding hydrogens is 350 g/mol. The van der Waals surface area contributed by atoms with Gasteiger partial charge in [0.05, 0.1) is 12.2 Å². The van der Waals surface area contributed by atoms with E-state index in [0.717, 1.165) is 42.9 Å². The van der Waals surface area contributed by atoms with Gasteiger partial charge >= 0.3 is 0 Å². The van der Waals surface area contributed by atoms with Crippen LogP contribution in [0.1, 0.15) is 24.1 Å².